The number of benzene rings is 4. The van der Waals surface area contributed by atoms with Gasteiger partial charge in [-0.1, -0.05) is 60.3 Å². The first-order valence-corrected chi connectivity index (χ1v) is 23.2. The lowest BCUT2D eigenvalue weighted by atomic mass is 9.61. The third-order valence-corrected chi connectivity index (χ3v) is 14.2. The molecular formula is C50H58Cl2F6N2O4. The second kappa shape index (κ2) is 21.4. The predicted octanol–water partition coefficient (Wildman–Crippen LogP) is 12.2. The number of epoxide rings is 1. The van der Waals surface area contributed by atoms with Gasteiger partial charge in [0.25, 0.3) is 0 Å². The molecule has 3 aliphatic heterocycles. The molecular weight excluding hydrogens is 877 g/mol. The van der Waals surface area contributed by atoms with Gasteiger partial charge in [-0.25, -0.2) is 0 Å². The highest BCUT2D eigenvalue weighted by atomic mass is 35.5. The number of nitrogens with zero attached hydrogens (tertiary/aromatic N) is 1. The molecule has 5 fully saturated rings. The zero-order valence-electron chi connectivity index (χ0n) is 35.9. The minimum atomic E-state index is -4.34. The van der Waals surface area contributed by atoms with Crippen LogP contribution < -0.4 is 14.8 Å². The molecule has 0 aromatic heterocycles. The summed E-state index contributed by atoms with van der Waals surface area (Å²) in [4.78, 5) is 2.30. The number of β-amino-alcohol motifs (C(OH)–C–C–N with tert-alkyl or cyclic N) is 1. The summed E-state index contributed by atoms with van der Waals surface area (Å²) in [6.07, 6.45) is 2.62. The van der Waals surface area contributed by atoms with Gasteiger partial charge in [0.1, 0.15) is 11.5 Å². The summed E-state index contributed by atoms with van der Waals surface area (Å²) in [5.41, 5.74) is 1.39. The molecule has 4 atom stereocenters. The average Bonchev–Trinajstić information content (AvgIpc) is 4.09. The molecule has 5 aliphatic rings. The van der Waals surface area contributed by atoms with Crippen LogP contribution in [0.5, 0.6) is 11.5 Å². The van der Waals surface area contributed by atoms with Crippen LogP contribution in [0.3, 0.4) is 0 Å². The zero-order chi connectivity index (χ0) is 45.4. The van der Waals surface area contributed by atoms with Gasteiger partial charge in [-0.15, -0.1) is 0 Å². The zero-order valence-corrected chi connectivity index (χ0v) is 37.4. The van der Waals surface area contributed by atoms with Crippen LogP contribution in [0, 0.1) is 11.8 Å². The van der Waals surface area contributed by atoms with Crippen LogP contribution in [0.2, 0.25) is 10.0 Å². The Bertz CT molecular complexity index is 2030. The molecule has 3 heterocycles. The van der Waals surface area contributed by atoms with Gasteiger partial charge in [-0.05, 0) is 148 Å². The van der Waals surface area contributed by atoms with E-state index in [9.17, 15) is 31.4 Å². The maximum atomic E-state index is 12.7. The quantitative estimate of drug-likeness (QED) is 0.109. The number of aliphatic hydroxyl groups is 1. The molecule has 2 saturated carbocycles. The van der Waals surface area contributed by atoms with Crippen molar-refractivity contribution in [2.24, 2.45) is 11.8 Å². The smallest absolute Gasteiger partial charge is 0.416 e. The van der Waals surface area contributed by atoms with Crippen molar-refractivity contribution >= 4 is 23.2 Å². The van der Waals surface area contributed by atoms with Crippen LogP contribution in [0.1, 0.15) is 86.5 Å². The Morgan fingerprint density at radius 2 is 1.17 bits per heavy atom. The van der Waals surface area contributed by atoms with Gasteiger partial charge < -0.3 is 29.5 Å². The van der Waals surface area contributed by atoms with Gasteiger partial charge in [-0.3, -0.25) is 0 Å². The lowest BCUT2D eigenvalue weighted by Gasteiger charge is -2.48. The van der Waals surface area contributed by atoms with E-state index in [1.807, 2.05) is 36.4 Å². The van der Waals surface area contributed by atoms with Crippen molar-refractivity contribution in [3.63, 3.8) is 0 Å². The van der Waals surface area contributed by atoms with Gasteiger partial charge >= 0.3 is 12.4 Å². The van der Waals surface area contributed by atoms with E-state index < -0.39 is 29.6 Å². The fourth-order valence-corrected chi connectivity index (χ4v) is 9.76. The molecule has 3 saturated heterocycles. The molecule has 0 radical (unpaired) electrons. The molecule has 64 heavy (non-hydrogen) atoms. The largest absolute Gasteiger partial charge is 0.493 e. The maximum Gasteiger partial charge on any atom is 0.416 e. The molecule has 6 nitrogen and oxygen atoms in total. The van der Waals surface area contributed by atoms with Crippen molar-refractivity contribution in [2.75, 3.05) is 52.5 Å². The molecule has 0 unspecified atom stereocenters. The standard InChI is InChI=1S/C25H29ClF3NO2.C13H16F3NO.C12H13ClO/c26-21-8-4-19(5-9-21)24(12-2-13-24)23(31)16-30-14-1-3-18(15-30)17-32-22-10-6-20(7-11-22)25(27,28)29;14-13(15,16)11-3-5-12(6-4-11)18-9-10-2-1-7-17-8-10;13-10-4-2-9(3-5-10)12(6-1-7-12)11-8-14-11/h4-11,18,23,31H,1-3,12-17H2;3-6,10,17H,1-2,7-9H2;2-5,11H,1,6-8H2/t18-,23-;10-;11-/m000/s1. The summed E-state index contributed by atoms with van der Waals surface area (Å²) >= 11 is 11.9. The first-order valence-electron chi connectivity index (χ1n) is 22.5. The Balaban J connectivity index is 0.000000160. The number of piperidine rings is 2. The van der Waals surface area contributed by atoms with Gasteiger partial charge in [0, 0.05) is 52.3 Å². The van der Waals surface area contributed by atoms with Crippen molar-refractivity contribution in [2.45, 2.75) is 99.6 Å². The van der Waals surface area contributed by atoms with Crippen LogP contribution in [0.25, 0.3) is 0 Å². The van der Waals surface area contributed by atoms with Crippen molar-refractivity contribution in [1.82, 2.24) is 10.2 Å². The topological polar surface area (TPSA) is 66.5 Å². The molecule has 348 valence electrons. The highest BCUT2D eigenvalue weighted by Crippen LogP contribution is 2.51. The van der Waals surface area contributed by atoms with E-state index in [1.165, 1.54) is 49.1 Å². The van der Waals surface area contributed by atoms with Crippen LogP contribution >= 0.6 is 23.2 Å². The fraction of sp³-hybridized carbons (Fsp3) is 0.520. The molecule has 2 N–H and O–H groups in total. The van der Waals surface area contributed by atoms with E-state index >= 15 is 0 Å². The summed E-state index contributed by atoms with van der Waals surface area (Å²) in [5.74, 6) is 1.67. The normalized spacial score (nSPS) is 23.1. The van der Waals surface area contributed by atoms with E-state index in [1.54, 1.807) is 0 Å². The number of hydrogen-bond acceptors (Lipinski definition) is 6. The number of halogens is 8. The summed E-state index contributed by atoms with van der Waals surface area (Å²) in [6.45, 7) is 6.27. The second-order valence-corrected chi connectivity index (χ2v) is 18.9. The first kappa shape index (κ1) is 48.4. The lowest BCUT2D eigenvalue weighted by molar-refractivity contribution is -0.138. The van der Waals surface area contributed by atoms with E-state index in [-0.39, 0.29) is 11.3 Å². The summed E-state index contributed by atoms with van der Waals surface area (Å²) < 4.78 is 91.9. The van der Waals surface area contributed by atoms with Gasteiger partial charge in [0.2, 0.25) is 0 Å². The number of ether oxygens (including phenoxy) is 3. The molecule has 4 aromatic carbocycles. The van der Waals surface area contributed by atoms with Crippen LogP contribution in [0.15, 0.2) is 97.1 Å². The number of hydrogen-bond donors (Lipinski definition) is 2. The number of aliphatic hydroxyl groups excluding tert-OH is 1. The third kappa shape index (κ3) is 12.7. The molecule has 0 spiro atoms. The minimum Gasteiger partial charge on any atom is -0.493 e. The van der Waals surface area contributed by atoms with Crippen LogP contribution in [-0.2, 0) is 27.9 Å². The Morgan fingerprint density at radius 3 is 1.61 bits per heavy atom. The Hall–Kier alpha value is -3.52. The van der Waals surface area contributed by atoms with Gasteiger partial charge in [0.15, 0.2) is 0 Å². The number of likely N-dealkylation sites (tertiary alicyclic amines) is 1. The predicted molar refractivity (Wildman–Crippen MR) is 238 cm³/mol. The van der Waals surface area contributed by atoms with Crippen molar-refractivity contribution in [3.8, 4) is 11.5 Å². The minimum absolute atomic E-state index is 0.200. The van der Waals surface area contributed by atoms with Gasteiger partial charge in [-0.2, -0.15) is 26.3 Å². The van der Waals surface area contributed by atoms with Gasteiger partial charge in [0.05, 0.1) is 43.2 Å². The third-order valence-electron chi connectivity index (χ3n) is 13.7. The van der Waals surface area contributed by atoms with Crippen LogP contribution in [0.4, 0.5) is 26.3 Å². The monoisotopic (exact) mass is 934 g/mol. The molecule has 14 heteroatoms. The van der Waals surface area contributed by atoms with Crippen molar-refractivity contribution in [1.29, 1.82) is 0 Å². The Labute approximate surface area is 382 Å². The SMILES string of the molecule is Clc1ccc(C2([C@@H]3CO3)CCC2)cc1.FC(F)(F)c1ccc(OC[C@H]2CCCNC2)cc1.O[C@@H](CN1CCC[C@H](COc2ccc(C(F)(F)F)cc2)C1)C1(c2ccc(Cl)cc2)CCC1. The Morgan fingerprint density at radius 1 is 0.672 bits per heavy atom. The van der Waals surface area contributed by atoms with Crippen molar-refractivity contribution < 1.29 is 45.7 Å². The molecule has 9 rings (SSSR count). The average molecular weight is 936 g/mol. The van der Waals surface area contributed by atoms with Crippen LogP contribution in [-0.4, -0.2) is 74.8 Å². The summed E-state index contributed by atoms with van der Waals surface area (Å²) in [5, 5.41) is 16.0. The van der Waals surface area contributed by atoms with E-state index in [0.717, 1.165) is 113 Å². The van der Waals surface area contributed by atoms with E-state index in [0.29, 0.717) is 53.7 Å². The number of alkyl halides is 6. The fourth-order valence-electron chi connectivity index (χ4n) is 9.50. The van der Waals surface area contributed by atoms with Crippen molar-refractivity contribution in [3.05, 3.63) is 129 Å². The number of rotatable bonds is 12. The first-order chi connectivity index (χ1) is 30.6. The maximum absolute atomic E-state index is 12.7. The van der Waals surface area contributed by atoms with E-state index in [4.69, 9.17) is 37.4 Å². The highest BCUT2D eigenvalue weighted by molar-refractivity contribution is 6.30. The second-order valence-electron chi connectivity index (χ2n) is 18.0. The Kier molecular flexibility index (Phi) is 16.2. The lowest BCUT2D eigenvalue weighted by Crippen LogP contribution is -2.52. The summed E-state index contributed by atoms with van der Waals surface area (Å²) in [6, 6.07) is 25.8. The molecule has 4 aromatic rings. The molecule has 0 amide bonds. The van der Waals surface area contributed by atoms with E-state index in [2.05, 4.69) is 22.3 Å². The molecule has 2 aliphatic carbocycles. The summed E-state index contributed by atoms with van der Waals surface area (Å²) in [7, 11) is 0. The highest BCUT2D eigenvalue weighted by Gasteiger charge is 2.52. The molecule has 0 bridgehead atoms. The number of nitrogens with one attached hydrogen (secondary N) is 1.